The Labute approximate surface area is 160 Å². The Balaban J connectivity index is 1.35. The van der Waals surface area contributed by atoms with Gasteiger partial charge in [-0.05, 0) is 0 Å². The van der Waals surface area contributed by atoms with Gasteiger partial charge in [-0.3, -0.25) is 19.4 Å². The van der Waals surface area contributed by atoms with Gasteiger partial charge in [0.2, 0.25) is 0 Å². The maximum absolute atomic E-state index is 11.6. The van der Waals surface area contributed by atoms with Crippen LogP contribution in [-0.2, 0) is 33.3 Å². The fourth-order valence-corrected chi connectivity index (χ4v) is 2.82. The highest BCUT2D eigenvalue weighted by Gasteiger charge is 2.13. The van der Waals surface area contributed by atoms with E-state index in [0.29, 0.717) is 39.1 Å². The van der Waals surface area contributed by atoms with Crippen LogP contribution in [0.1, 0.15) is 12.8 Å². The van der Waals surface area contributed by atoms with Crippen LogP contribution in [0.25, 0.3) is 0 Å². The highest BCUT2D eigenvalue weighted by atomic mass is 16.6. The van der Waals surface area contributed by atoms with E-state index in [1.807, 2.05) is 0 Å². The summed E-state index contributed by atoms with van der Waals surface area (Å²) in [5.41, 5.74) is 0. The predicted molar refractivity (Wildman–Crippen MR) is 96.5 cm³/mol. The first kappa shape index (κ1) is 22.0. The average Bonchev–Trinajstić information content (AvgIpc) is 2.71. The maximum atomic E-state index is 11.6. The summed E-state index contributed by atoms with van der Waals surface area (Å²) in [6.45, 7) is 8.77. The molecule has 2 heterocycles. The minimum atomic E-state index is -0.223. The molecule has 0 N–H and O–H groups in total. The largest absolute Gasteiger partial charge is 0.463 e. The Morgan fingerprint density at radius 1 is 0.667 bits per heavy atom. The average molecular weight is 388 g/mol. The number of morpholine rings is 2. The number of carbonyl (C=O) groups is 2. The zero-order valence-electron chi connectivity index (χ0n) is 16.1. The fourth-order valence-electron chi connectivity index (χ4n) is 2.82. The quantitative estimate of drug-likeness (QED) is 0.325. The third-order valence-electron chi connectivity index (χ3n) is 4.45. The molecule has 2 rings (SSSR count). The van der Waals surface area contributed by atoms with E-state index < -0.39 is 0 Å². The topological polar surface area (TPSA) is 86.8 Å². The lowest BCUT2D eigenvalue weighted by atomic mass is 10.3. The SMILES string of the molecule is O=C(CCN1CCOCC1)OCCOCCOC(=O)CCN1CCOCC1. The van der Waals surface area contributed by atoms with E-state index in [0.717, 1.165) is 52.6 Å². The molecular weight excluding hydrogens is 356 g/mol. The second-order valence-electron chi connectivity index (χ2n) is 6.46. The molecule has 2 fully saturated rings. The van der Waals surface area contributed by atoms with Gasteiger partial charge < -0.3 is 23.7 Å². The van der Waals surface area contributed by atoms with E-state index in [9.17, 15) is 9.59 Å². The summed E-state index contributed by atoms with van der Waals surface area (Å²) in [6, 6.07) is 0. The zero-order chi connectivity index (χ0) is 19.2. The molecule has 2 aliphatic heterocycles. The lowest BCUT2D eigenvalue weighted by Crippen LogP contribution is -2.37. The van der Waals surface area contributed by atoms with Crippen LogP contribution in [0.3, 0.4) is 0 Å². The number of hydrogen-bond donors (Lipinski definition) is 0. The maximum Gasteiger partial charge on any atom is 0.307 e. The van der Waals surface area contributed by atoms with Gasteiger partial charge in [0.25, 0.3) is 0 Å². The van der Waals surface area contributed by atoms with Gasteiger partial charge >= 0.3 is 11.9 Å². The highest BCUT2D eigenvalue weighted by Crippen LogP contribution is 2.00. The van der Waals surface area contributed by atoms with Crippen molar-refractivity contribution in [3.05, 3.63) is 0 Å². The van der Waals surface area contributed by atoms with Crippen molar-refractivity contribution in [1.29, 1.82) is 0 Å². The molecule has 0 aromatic rings. The van der Waals surface area contributed by atoms with Gasteiger partial charge in [-0.2, -0.15) is 0 Å². The molecule has 2 saturated heterocycles. The molecule has 0 aliphatic carbocycles. The van der Waals surface area contributed by atoms with Crippen LogP contribution in [-0.4, -0.2) is 114 Å². The zero-order valence-corrected chi connectivity index (χ0v) is 16.1. The normalized spacial score (nSPS) is 19.0. The van der Waals surface area contributed by atoms with Gasteiger partial charge in [0.05, 0.1) is 52.5 Å². The molecule has 0 bridgehead atoms. The van der Waals surface area contributed by atoms with Gasteiger partial charge in [0.1, 0.15) is 13.2 Å². The number of esters is 2. The summed E-state index contributed by atoms with van der Waals surface area (Å²) in [5.74, 6) is -0.445. The van der Waals surface area contributed by atoms with Crippen LogP contribution in [0.2, 0.25) is 0 Å². The van der Waals surface area contributed by atoms with Crippen molar-refractivity contribution in [2.75, 3.05) is 92.1 Å². The molecule has 2 aliphatic rings. The molecular formula is C18H32N2O7. The Bertz CT molecular complexity index is 386. The van der Waals surface area contributed by atoms with Crippen LogP contribution in [0.15, 0.2) is 0 Å². The second kappa shape index (κ2) is 13.8. The lowest BCUT2D eigenvalue weighted by molar-refractivity contribution is -0.147. The van der Waals surface area contributed by atoms with Crippen LogP contribution in [0, 0.1) is 0 Å². The van der Waals surface area contributed by atoms with E-state index in [4.69, 9.17) is 23.7 Å². The van der Waals surface area contributed by atoms with Crippen LogP contribution < -0.4 is 0 Å². The first-order valence-corrected chi connectivity index (χ1v) is 9.73. The second-order valence-corrected chi connectivity index (χ2v) is 6.46. The number of carbonyl (C=O) groups excluding carboxylic acids is 2. The van der Waals surface area contributed by atoms with Gasteiger partial charge in [0, 0.05) is 39.3 Å². The first-order chi connectivity index (χ1) is 13.2. The molecule has 0 aromatic heterocycles. The minimum absolute atomic E-state index is 0.215. The molecule has 0 aromatic carbocycles. The van der Waals surface area contributed by atoms with Crippen molar-refractivity contribution in [3.63, 3.8) is 0 Å². The molecule has 0 saturated carbocycles. The van der Waals surface area contributed by atoms with E-state index in [1.54, 1.807) is 0 Å². The molecule has 0 unspecified atom stereocenters. The molecule has 0 amide bonds. The summed E-state index contributed by atoms with van der Waals surface area (Å²) >= 11 is 0. The standard InChI is InChI=1S/C18H32N2O7/c21-17(1-3-19-5-9-23-10-6-19)26-15-13-25-14-16-27-18(22)2-4-20-7-11-24-12-8-20/h1-16H2. The van der Waals surface area contributed by atoms with E-state index in [-0.39, 0.29) is 25.2 Å². The lowest BCUT2D eigenvalue weighted by Gasteiger charge is -2.26. The van der Waals surface area contributed by atoms with E-state index in [2.05, 4.69) is 9.80 Å². The fraction of sp³-hybridized carbons (Fsp3) is 0.889. The number of nitrogens with zero attached hydrogens (tertiary/aromatic N) is 2. The van der Waals surface area contributed by atoms with Crippen molar-refractivity contribution in [3.8, 4) is 0 Å². The summed E-state index contributed by atoms with van der Waals surface area (Å²) in [5, 5.41) is 0. The third-order valence-corrected chi connectivity index (χ3v) is 4.45. The van der Waals surface area contributed by atoms with Crippen molar-refractivity contribution in [1.82, 2.24) is 9.80 Å². The molecule has 0 spiro atoms. The summed E-state index contributed by atoms with van der Waals surface area (Å²) in [6.07, 6.45) is 0.751. The molecule has 9 heteroatoms. The molecule has 9 nitrogen and oxygen atoms in total. The number of ether oxygens (including phenoxy) is 5. The molecule has 27 heavy (non-hydrogen) atoms. The van der Waals surface area contributed by atoms with E-state index >= 15 is 0 Å². The summed E-state index contributed by atoms with van der Waals surface area (Å²) in [7, 11) is 0. The van der Waals surface area contributed by atoms with Gasteiger partial charge in [-0.25, -0.2) is 0 Å². The van der Waals surface area contributed by atoms with Gasteiger partial charge in [-0.1, -0.05) is 0 Å². The van der Waals surface area contributed by atoms with E-state index in [1.165, 1.54) is 0 Å². The van der Waals surface area contributed by atoms with Crippen molar-refractivity contribution >= 4 is 11.9 Å². The Kier molecular flexibility index (Phi) is 11.3. The first-order valence-electron chi connectivity index (χ1n) is 9.73. The molecule has 0 atom stereocenters. The minimum Gasteiger partial charge on any atom is -0.463 e. The highest BCUT2D eigenvalue weighted by molar-refractivity contribution is 5.69. The van der Waals surface area contributed by atoms with Crippen LogP contribution >= 0.6 is 0 Å². The van der Waals surface area contributed by atoms with Gasteiger partial charge in [0.15, 0.2) is 0 Å². The Morgan fingerprint density at radius 3 is 1.48 bits per heavy atom. The van der Waals surface area contributed by atoms with Crippen LogP contribution in [0.4, 0.5) is 0 Å². The van der Waals surface area contributed by atoms with Crippen molar-refractivity contribution in [2.45, 2.75) is 12.8 Å². The molecule has 156 valence electrons. The Morgan fingerprint density at radius 2 is 1.07 bits per heavy atom. The smallest absolute Gasteiger partial charge is 0.307 e. The van der Waals surface area contributed by atoms with Crippen LogP contribution in [0.5, 0.6) is 0 Å². The third kappa shape index (κ3) is 10.6. The predicted octanol–water partition coefficient (Wildman–Crippen LogP) is -0.466. The van der Waals surface area contributed by atoms with Crippen molar-refractivity contribution < 1.29 is 33.3 Å². The summed E-state index contributed by atoms with van der Waals surface area (Å²) < 4.78 is 26.1. The number of rotatable bonds is 12. The van der Waals surface area contributed by atoms with Crippen molar-refractivity contribution in [2.24, 2.45) is 0 Å². The number of hydrogen-bond acceptors (Lipinski definition) is 9. The Hall–Kier alpha value is -1.26. The monoisotopic (exact) mass is 388 g/mol. The van der Waals surface area contributed by atoms with Gasteiger partial charge in [-0.15, -0.1) is 0 Å². The summed E-state index contributed by atoms with van der Waals surface area (Å²) in [4.78, 5) is 27.7. The molecule has 0 radical (unpaired) electrons.